The normalized spacial score (nSPS) is 17.1. The molecule has 0 N–H and O–H groups in total. The van der Waals surface area contributed by atoms with Gasteiger partial charge in [0.15, 0.2) is 0 Å². The molecule has 1 heterocycles. The predicted octanol–water partition coefficient (Wildman–Crippen LogP) is 5.59. The number of likely N-dealkylation sites (N-methyl/N-ethyl adjacent to an activating group) is 1. The van der Waals surface area contributed by atoms with Crippen LogP contribution >= 0.6 is 0 Å². The molecule has 27 heavy (non-hydrogen) atoms. The van der Waals surface area contributed by atoms with Gasteiger partial charge in [-0.05, 0) is 35.9 Å². The van der Waals surface area contributed by atoms with Crippen LogP contribution in [0.5, 0.6) is 5.75 Å². The summed E-state index contributed by atoms with van der Waals surface area (Å²) in [4.78, 5) is 2.33. The summed E-state index contributed by atoms with van der Waals surface area (Å²) in [5.74, 6) is -0.221. The van der Waals surface area contributed by atoms with Crippen LogP contribution in [-0.2, 0) is 6.54 Å². The number of hydrogen-bond donors (Lipinski definition) is 0. The molecule has 0 aromatic heterocycles. The Hall–Kier alpha value is -2.72. The highest BCUT2D eigenvalue weighted by molar-refractivity contribution is 5.65. The summed E-state index contributed by atoms with van der Waals surface area (Å²) < 4.78 is 34.4. The Kier molecular flexibility index (Phi) is 4.90. The van der Waals surface area contributed by atoms with E-state index >= 15 is 0 Å². The first-order valence-corrected chi connectivity index (χ1v) is 9.17. The molecule has 4 heteroatoms. The Bertz CT molecular complexity index is 919. The van der Waals surface area contributed by atoms with Gasteiger partial charge in [-0.3, -0.25) is 4.90 Å². The van der Waals surface area contributed by atoms with E-state index in [1.807, 2.05) is 30.3 Å². The second kappa shape index (κ2) is 7.49. The highest BCUT2D eigenvalue weighted by Gasteiger charge is 2.23. The zero-order valence-corrected chi connectivity index (χ0v) is 15.2. The molecule has 1 unspecified atom stereocenters. The molecule has 0 saturated heterocycles. The standard InChI is InChI=1S/C23H21F2NO/c1-2-26-14-18-6-3-4-9-21(18)27-22(15-26)16-10-12-17(13-11-16)23-19(24)7-5-8-20(23)25/h3-13,22H,2,14-15H2,1H3. The van der Waals surface area contributed by atoms with E-state index in [-0.39, 0.29) is 11.7 Å². The maximum absolute atomic E-state index is 14.0. The van der Waals surface area contributed by atoms with Crippen LogP contribution in [0.4, 0.5) is 8.78 Å². The van der Waals surface area contributed by atoms with Crippen molar-refractivity contribution in [2.75, 3.05) is 13.1 Å². The third-order valence-corrected chi connectivity index (χ3v) is 5.04. The maximum atomic E-state index is 14.0. The zero-order valence-electron chi connectivity index (χ0n) is 15.2. The Balaban J connectivity index is 1.65. The molecule has 3 aromatic rings. The Labute approximate surface area is 158 Å². The van der Waals surface area contributed by atoms with Gasteiger partial charge in [-0.15, -0.1) is 0 Å². The number of fused-ring (bicyclic) bond motifs is 1. The molecular formula is C23H21F2NO. The van der Waals surface area contributed by atoms with Crippen molar-refractivity contribution in [3.63, 3.8) is 0 Å². The minimum atomic E-state index is -0.556. The third-order valence-electron chi connectivity index (χ3n) is 5.04. The van der Waals surface area contributed by atoms with Crippen LogP contribution < -0.4 is 4.74 Å². The highest BCUT2D eigenvalue weighted by atomic mass is 19.1. The summed E-state index contributed by atoms with van der Waals surface area (Å²) in [6.07, 6.45) is -0.131. The van der Waals surface area contributed by atoms with E-state index in [1.165, 1.54) is 23.8 Å². The second-order valence-electron chi connectivity index (χ2n) is 6.76. The van der Waals surface area contributed by atoms with Gasteiger partial charge >= 0.3 is 0 Å². The lowest BCUT2D eigenvalue weighted by atomic mass is 10.0. The van der Waals surface area contributed by atoms with Crippen LogP contribution in [0, 0.1) is 11.6 Å². The number of para-hydroxylation sites is 1. The van der Waals surface area contributed by atoms with Crippen LogP contribution in [0.1, 0.15) is 24.2 Å². The number of rotatable bonds is 3. The minimum Gasteiger partial charge on any atom is -0.484 e. The molecular weight excluding hydrogens is 344 g/mol. The summed E-state index contributed by atoms with van der Waals surface area (Å²) >= 11 is 0. The predicted molar refractivity (Wildman–Crippen MR) is 103 cm³/mol. The lowest BCUT2D eigenvalue weighted by molar-refractivity contribution is 0.152. The summed E-state index contributed by atoms with van der Waals surface area (Å²) in [7, 11) is 0. The van der Waals surface area contributed by atoms with Crippen molar-refractivity contribution in [3.05, 3.63) is 89.5 Å². The smallest absolute Gasteiger partial charge is 0.136 e. The van der Waals surface area contributed by atoms with E-state index in [0.717, 1.165) is 30.9 Å². The third kappa shape index (κ3) is 3.58. The quantitative estimate of drug-likeness (QED) is 0.600. The van der Waals surface area contributed by atoms with Crippen molar-refractivity contribution in [1.82, 2.24) is 4.90 Å². The van der Waals surface area contributed by atoms with Crippen LogP contribution in [-0.4, -0.2) is 18.0 Å². The van der Waals surface area contributed by atoms with Gasteiger partial charge in [-0.1, -0.05) is 55.5 Å². The molecule has 1 aliphatic rings. The molecule has 0 fully saturated rings. The summed E-state index contributed by atoms with van der Waals surface area (Å²) in [5, 5.41) is 0. The Morgan fingerprint density at radius 2 is 1.63 bits per heavy atom. The average molecular weight is 365 g/mol. The lowest BCUT2D eigenvalue weighted by Crippen LogP contribution is -2.27. The number of ether oxygens (including phenoxy) is 1. The van der Waals surface area contributed by atoms with Gasteiger partial charge in [-0.2, -0.15) is 0 Å². The van der Waals surface area contributed by atoms with E-state index in [2.05, 4.69) is 17.9 Å². The van der Waals surface area contributed by atoms with Crippen molar-refractivity contribution >= 4 is 0 Å². The number of halogens is 2. The van der Waals surface area contributed by atoms with Gasteiger partial charge in [0.1, 0.15) is 23.5 Å². The van der Waals surface area contributed by atoms with Crippen LogP contribution in [0.3, 0.4) is 0 Å². The molecule has 138 valence electrons. The molecule has 4 rings (SSSR count). The van der Waals surface area contributed by atoms with Crippen molar-refractivity contribution in [1.29, 1.82) is 0 Å². The van der Waals surface area contributed by atoms with Crippen LogP contribution in [0.15, 0.2) is 66.7 Å². The molecule has 0 bridgehead atoms. The van der Waals surface area contributed by atoms with E-state index in [4.69, 9.17) is 4.74 Å². The summed E-state index contributed by atoms with van der Waals surface area (Å²) in [6.45, 7) is 4.67. The monoisotopic (exact) mass is 365 g/mol. The van der Waals surface area contributed by atoms with Gasteiger partial charge in [0.2, 0.25) is 0 Å². The Morgan fingerprint density at radius 1 is 0.926 bits per heavy atom. The van der Waals surface area contributed by atoms with Gasteiger partial charge in [0, 0.05) is 18.7 Å². The second-order valence-corrected chi connectivity index (χ2v) is 6.76. The first-order chi connectivity index (χ1) is 13.2. The van der Waals surface area contributed by atoms with Crippen molar-refractivity contribution in [3.8, 4) is 16.9 Å². The molecule has 0 amide bonds. The van der Waals surface area contributed by atoms with Crippen LogP contribution in [0.2, 0.25) is 0 Å². The fourth-order valence-electron chi connectivity index (χ4n) is 3.53. The highest BCUT2D eigenvalue weighted by Crippen LogP contribution is 2.32. The van der Waals surface area contributed by atoms with Gasteiger partial charge in [0.25, 0.3) is 0 Å². The van der Waals surface area contributed by atoms with Gasteiger partial charge in [-0.25, -0.2) is 8.78 Å². The number of hydrogen-bond acceptors (Lipinski definition) is 2. The van der Waals surface area contributed by atoms with E-state index in [9.17, 15) is 8.78 Å². The zero-order chi connectivity index (χ0) is 18.8. The topological polar surface area (TPSA) is 12.5 Å². The van der Waals surface area contributed by atoms with E-state index in [1.54, 1.807) is 12.1 Å². The fraction of sp³-hybridized carbons (Fsp3) is 0.217. The van der Waals surface area contributed by atoms with Gasteiger partial charge in [0.05, 0.1) is 5.56 Å². The molecule has 0 saturated carbocycles. The fourth-order valence-corrected chi connectivity index (χ4v) is 3.53. The SMILES string of the molecule is CCN1Cc2ccccc2OC(c2ccc(-c3c(F)cccc3F)cc2)C1. The van der Waals surface area contributed by atoms with Gasteiger partial charge < -0.3 is 4.74 Å². The maximum Gasteiger partial charge on any atom is 0.136 e. The Morgan fingerprint density at radius 3 is 2.33 bits per heavy atom. The lowest BCUT2D eigenvalue weighted by Gasteiger charge is -2.23. The van der Waals surface area contributed by atoms with Crippen molar-refractivity contribution in [2.24, 2.45) is 0 Å². The molecule has 0 radical (unpaired) electrons. The molecule has 1 aliphatic heterocycles. The van der Waals surface area contributed by atoms with E-state index < -0.39 is 11.6 Å². The summed E-state index contributed by atoms with van der Waals surface area (Å²) in [5.41, 5.74) is 2.69. The molecule has 0 spiro atoms. The largest absolute Gasteiger partial charge is 0.484 e. The first kappa shape index (κ1) is 17.7. The van der Waals surface area contributed by atoms with Crippen molar-refractivity contribution in [2.45, 2.75) is 19.6 Å². The molecule has 2 nitrogen and oxygen atoms in total. The number of benzene rings is 3. The van der Waals surface area contributed by atoms with E-state index in [0.29, 0.717) is 5.56 Å². The minimum absolute atomic E-state index is 0.00589. The molecule has 0 aliphatic carbocycles. The number of nitrogens with zero attached hydrogens (tertiary/aromatic N) is 1. The average Bonchev–Trinajstić information content (AvgIpc) is 2.87. The summed E-state index contributed by atoms with van der Waals surface area (Å²) in [6, 6.07) is 19.3. The van der Waals surface area contributed by atoms with Crippen molar-refractivity contribution < 1.29 is 13.5 Å². The van der Waals surface area contributed by atoms with Crippen LogP contribution in [0.25, 0.3) is 11.1 Å². The first-order valence-electron chi connectivity index (χ1n) is 9.17. The molecule has 1 atom stereocenters. The molecule has 3 aromatic carbocycles.